The predicted octanol–water partition coefficient (Wildman–Crippen LogP) is -0.0670. The van der Waals surface area contributed by atoms with Crippen LogP contribution in [0.1, 0.15) is 18.8 Å². The molecule has 0 aliphatic rings. The number of nitrogens with zero attached hydrogens (tertiary/aromatic N) is 5. The van der Waals surface area contributed by atoms with Crippen molar-refractivity contribution in [2.75, 3.05) is 0 Å². The monoisotopic (exact) mass is 262 g/mol. The van der Waals surface area contributed by atoms with Crippen molar-refractivity contribution >= 4 is 19.7 Å². The predicted molar refractivity (Wildman–Crippen MR) is 53.3 cm³/mol. The second-order valence-electron chi connectivity index (χ2n) is 2.99. The highest BCUT2D eigenvalue weighted by Gasteiger charge is 2.20. The average Bonchev–Trinajstić information content (AvgIpc) is 2.87. The van der Waals surface area contributed by atoms with E-state index in [0.29, 0.717) is 5.82 Å². The van der Waals surface area contributed by atoms with Crippen LogP contribution in [0.5, 0.6) is 0 Å². The molecule has 2 heterocycles. The quantitative estimate of drug-likeness (QED) is 0.776. The van der Waals surface area contributed by atoms with Crippen LogP contribution >= 0.6 is 10.7 Å². The first-order chi connectivity index (χ1) is 7.48. The van der Waals surface area contributed by atoms with E-state index in [4.69, 9.17) is 10.7 Å². The maximum absolute atomic E-state index is 10.9. The molecule has 1 atom stereocenters. The van der Waals surface area contributed by atoms with Gasteiger partial charge in [0.15, 0.2) is 0 Å². The average molecular weight is 263 g/mol. The molecule has 0 bridgehead atoms. The van der Waals surface area contributed by atoms with Gasteiger partial charge in [-0.1, -0.05) is 0 Å². The van der Waals surface area contributed by atoms with Gasteiger partial charge in [-0.05, 0) is 6.92 Å². The fourth-order valence-corrected chi connectivity index (χ4v) is 1.67. The largest absolute Gasteiger partial charge is 0.298 e. The fraction of sp³-hybridized carbons (Fsp3) is 0.333. The van der Waals surface area contributed by atoms with E-state index in [1.807, 2.05) is 0 Å². The smallest absolute Gasteiger partial charge is 0.260 e. The Bertz CT molecular complexity index is 576. The van der Waals surface area contributed by atoms with Gasteiger partial charge < -0.3 is 0 Å². The van der Waals surface area contributed by atoms with E-state index in [0.717, 1.165) is 0 Å². The van der Waals surface area contributed by atoms with Gasteiger partial charge in [-0.25, -0.2) is 18.1 Å². The molecule has 0 fully saturated rings. The van der Waals surface area contributed by atoms with Crippen molar-refractivity contribution in [2.24, 2.45) is 0 Å². The lowest BCUT2D eigenvalue weighted by molar-refractivity contribution is 0.535. The Hall–Kier alpha value is -1.48. The summed E-state index contributed by atoms with van der Waals surface area (Å²) in [5.41, 5.74) is 0. The molecule has 1 unspecified atom stereocenters. The minimum atomic E-state index is -3.91. The standard InChI is InChI=1S/C6H7ClN6O2S/c1-4(13-3-8-2-9-13)5-10-6(12-11-5)16(7,14)15/h2-4H,1H3,(H,10,11,12). The third kappa shape index (κ3) is 2.04. The Balaban J connectivity index is 2.33. The summed E-state index contributed by atoms with van der Waals surface area (Å²) in [4.78, 5) is 7.53. The summed E-state index contributed by atoms with van der Waals surface area (Å²) in [7, 11) is 1.18. The molecule has 0 aliphatic carbocycles. The van der Waals surface area contributed by atoms with E-state index in [1.54, 1.807) is 6.92 Å². The molecule has 0 amide bonds. The van der Waals surface area contributed by atoms with Crippen LogP contribution in [0.15, 0.2) is 17.8 Å². The summed E-state index contributed by atoms with van der Waals surface area (Å²) in [5.74, 6) is 0.338. The number of hydrogen-bond donors (Lipinski definition) is 1. The Kier molecular flexibility index (Phi) is 2.64. The molecule has 0 aromatic carbocycles. The van der Waals surface area contributed by atoms with Gasteiger partial charge in [0.2, 0.25) is 0 Å². The van der Waals surface area contributed by atoms with Crippen molar-refractivity contribution in [3.63, 3.8) is 0 Å². The number of nitrogens with one attached hydrogen (secondary N) is 1. The van der Waals surface area contributed by atoms with Crippen LogP contribution in [0.25, 0.3) is 0 Å². The molecular weight excluding hydrogens is 256 g/mol. The van der Waals surface area contributed by atoms with Crippen molar-refractivity contribution < 1.29 is 8.42 Å². The molecule has 2 rings (SSSR count). The number of aromatic amines is 1. The van der Waals surface area contributed by atoms with Crippen LogP contribution in [0, 0.1) is 0 Å². The van der Waals surface area contributed by atoms with Gasteiger partial charge in [0.1, 0.15) is 24.5 Å². The van der Waals surface area contributed by atoms with E-state index < -0.39 is 14.2 Å². The van der Waals surface area contributed by atoms with Gasteiger partial charge in [0, 0.05) is 10.7 Å². The molecule has 0 spiro atoms. The third-order valence-electron chi connectivity index (χ3n) is 1.93. The van der Waals surface area contributed by atoms with Crippen LogP contribution in [0.4, 0.5) is 0 Å². The Morgan fingerprint density at radius 2 is 2.31 bits per heavy atom. The minimum absolute atomic E-state index is 0.304. The van der Waals surface area contributed by atoms with Gasteiger partial charge in [0.25, 0.3) is 14.2 Å². The van der Waals surface area contributed by atoms with Crippen molar-refractivity contribution in [1.29, 1.82) is 0 Å². The molecule has 0 aliphatic heterocycles. The summed E-state index contributed by atoms with van der Waals surface area (Å²) in [6.07, 6.45) is 2.86. The summed E-state index contributed by atoms with van der Waals surface area (Å²) < 4.78 is 23.4. The van der Waals surface area contributed by atoms with Crippen LogP contribution in [-0.2, 0) is 9.05 Å². The van der Waals surface area contributed by atoms with Crippen molar-refractivity contribution in [2.45, 2.75) is 18.1 Å². The zero-order valence-electron chi connectivity index (χ0n) is 8.07. The molecule has 8 nitrogen and oxygen atoms in total. The second-order valence-corrected chi connectivity index (χ2v) is 5.45. The Morgan fingerprint density at radius 3 is 2.81 bits per heavy atom. The molecule has 16 heavy (non-hydrogen) atoms. The highest BCUT2D eigenvalue weighted by Crippen LogP contribution is 2.14. The van der Waals surface area contributed by atoms with Crippen LogP contribution in [0.3, 0.4) is 0 Å². The SMILES string of the molecule is CC(c1nc(S(=O)(=O)Cl)n[nH]1)n1cncn1. The maximum atomic E-state index is 10.9. The van der Waals surface area contributed by atoms with Crippen molar-refractivity contribution in [3.8, 4) is 0 Å². The molecule has 0 saturated carbocycles. The van der Waals surface area contributed by atoms with E-state index in [9.17, 15) is 8.42 Å². The van der Waals surface area contributed by atoms with Gasteiger partial charge in [-0.15, -0.1) is 5.10 Å². The minimum Gasteiger partial charge on any atom is -0.260 e. The van der Waals surface area contributed by atoms with Gasteiger partial charge in [0.05, 0.1) is 0 Å². The number of aromatic nitrogens is 6. The zero-order chi connectivity index (χ0) is 11.8. The van der Waals surface area contributed by atoms with E-state index in [-0.39, 0.29) is 6.04 Å². The van der Waals surface area contributed by atoms with Crippen LogP contribution in [-0.4, -0.2) is 38.4 Å². The zero-order valence-corrected chi connectivity index (χ0v) is 9.64. The molecule has 0 radical (unpaired) electrons. The number of H-pyrrole nitrogens is 1. The fourth-order valence-electron chi connectivity index (χ4n) is 1.10. The molecule has 2 aromatic rings. The number of rotatable bonds is 3. The normalized spacial score (nSPS) is 13.9. The van der Waals surface area contributed by atoms with Crippen LogP contribution in [0.2, 0.25) is 0 Å². The molecule has 86 valence electrons. The number of hydrogen-bond acceptors (Lipinski definition) is 6. The first-order valence-corrected chi connectivity index (χ1v) is 6.50. The highest BCUT2D eigenvalue weighted by molar-refractivity contribution is 8.13. The van der Waals surface area contributed by atoms with E-state index in [2.05, 4.69) is 25.3 Å². The number of halogens is 1. The molecular formula is C6H7ClN6O2S. The van der Waals surface area contributed by atoms with Crippen molar-refractivity contribution in [1.82, 2.24) is 29.9 Å². The van der Waals surface area contributed by atoms with Gasteiger partial charge in [-0.3, -0.25) is 5.10 Å². The lowest BCUT2D eigenvalue weighted by Crippen LogP contribution is -2.09. The summed E-state index contributed by atoms with van der Waals surface area (Å²) in [6.45, 7) is 1.76. The maximum Gasteiger partial charge on any atom is 0.298 e. The molecule has 1 N–H and O–H groups in total. The highest BCUT2D eigenvalue weighted by atomic mass is 35.7. The summed E-state index contributed by atoms with van der Waals surface area (Å²) in [5, 5.41) is 9.44. The van der Waals surface area contributed by atoms with Gasteiger partial charge in [-0.2, -0.15) is 10.1 Å². The summed E-state index contributed by atoms with van der Waals surface area (Å²) in [6, 6.07) is -0.304. The third-order valence-corrected chi connectivity index (χ3v) is 2.96. The van der Waals surface area contributed by atoms with Gasteiger partial charge >= 0.3 is 0 Å². The Morgan fingerprint density at radius 1 is 1.56 bits per heavy atom. The molecule has 10 heteroatoms. The van der Waals surface area contributed by atoms with Crippen molar-refractivity contribution in [3.05, 3.63) is 18.5 Å². The van der Waals surface area contributed by atoms with Crippen LogP contribution < -0.4 is 0 Å². The topological polar surface area (TPSA) is 106 Å². The second kappa shape index (κ2) is 3.83. The first kappa shape index (κ1) is 11.0. The molecule has 0 saturated heterocycles. The first-order valence-electron chi connectivity index (χ1n) is 4.19. The Labute approximate surface area is 95.1 Å². The molecule has 2 aromatic heterocycles. The lowest BCUT2D eigenvalue weighted by atomic mass is 10.3. The lowest BCUT2D eigenvalue weighted by Gasteiger charge is -2.06. The van der Waals surface area contributed by atoms with E-state index in [1.165, 1.54) is 17.3 Å². The van der Waals surface area contributed by atoms with E-state index >= 15 is 0 Å². The summed E-state index contributed by atoms with van der Waals surface area (Å²) >= 11 is 0.